The van der Waals surface area contributed by atoms with Gasteiger partial charge in [-0.15, -0.1) is 0 Å². The van der Waals surface area contributed by atoms with E-state index >= 15 is 0 Å². The minimum Gasteiger partial charge on any atom is -0.224 e. The lowest BCUT2D eigenvalue weighted by Gasteiger charge is -2.06. The van der Waals surface area contributed by atoms with Crippen molar-refractivity contribution in [2.24, 2.45) is 0 Å². The van der Waals surface area contributed by atoms with Gasteiger partial charge < -0.3 is 0 Å². The summed E-state index contributed by atoms with van der Waals surface area (Å²) in [5, 5.41) is 9.21. The van der Waals surface area contributed by atoms with Crippen LogP contribution in [0.2, 0.25) is 5.02 Å². The maximum absolute atomic E-state index is 11.5. The molecule has 0 aliphatic carbocycles. The lowest BCUT2D eigenvalue weighted by atomic mass is 10.0. The summed E-state index contributed by atoms with van der Waals surface area (Å²) < 4.78 is 23.1. The predicted octanol–water partition coefficient (Wildman–Crippen LogP) is 3.28. The van der Waals surface area contributed by atoms with Gasteiger partial charge in [0.15, 0.2) is 9.84 Å². The first-order chi connectivity index (χ1) is 8.91. The molecule has 0 aliphatic rings. The zero-order valence-corrected chi connectivity index (χ0v) is 11.7. The van der Waals surface area contributed by atoms with Gasteiger partial charge >= 0.3 is 0 Å². The van der Waals surface area contributed by atoms with Crippen molar-refractivity contribution < 1.29 is 8.42 Å². The van der Waals surface area contributed by atoms with Crippen LogP contribution in [0.4, 0.5) is 0 Å². The smallest absolute Gasteiger partial charge is 0.175 e. The number of sulfone groups is 1. The number of nitriles is 1. The highest BCUT2D eigenvalue weighted by molar-refractivity contribution is 7.90. The van der Waals surface area contributed by atoms with E-state index in [1.807, 2.05) is 6.07 Å². The third-order valence-electron chi connectivity index (χ3n) is 2.67. The Labute approximate surface area is 117 Å². The molecule has 0 spiro atoms. The predicted molar refractivity (Wildman–Crippen MR) is 74.7 cm³/mol. The molecular formula is C14H10ClNO2S. The summed E-state index contributed by atoms with van der Waals surface area (Å²) in [5.74, 6) is 0. The van der Waals surface area contributed by atoms with E-state index in [-0.39, 0.29) is 4.90 Å². The number of halogens is 1. The average Bonchev–Trinajstić information content (AvgIpc) is 2.37. The molecule has 2 aromatic carbocycles. The molecule has 96 valence electrons. The molecular weight excluding hydrogens is 282 g/mol. The van der Waals surface area contributed by atoms with Crippen LogP contribution < -0.4 is 0 Å². The summed E-state index contributed by atoms with van der Waals surface area (Å²) in [4.78, 5) is 0.241. The van der Waals surface area contributed by atoms with Crippen molar-refractivity contribution in [3.8, 4) is 17.2 Å². The van der Waals surface area contributed by atoms with Gasteiger partial charge in [0.05, 0.1) is 16.5 Å². The fourth-order valence-corrected chi connectivity index (χ4v) is 2.67. The molecule has 5 heteroatoms. The minimum atomic E-state index is -3.25. The molecule has 0 amide bonds. The van der Waals surface area contributed by atoms with E-state index in [4.69, 9.17) is 16.9 Å². The molecule has 0 fully saturated rings. The van der Waals surface area contributed by atoms with Gasteiger partial charge in [0.2, 0.25) is 0 Å². The lowest BCUT2D eigenvalue weighted by molar-refractivity contribution is 0.602. The van der Waals surface area contributed by atoms with Crippen molar-refractivity contribution in [1.82, 2.24) is 0 Å². The highest BCUT2D eigenvalue weighted by Gasteiger charge is 2.10. The normalized spacial score (nSPS) is 11.0. The van der Waals surface area contributed by atoms with E-state index in [0.29, 0.717) is 21.7 Å². The molecule has 0 aliphatic heterocycles. The van der Waals surface area contributed by atoms with Gasteiger partial charge in [-0.05, 0) is 29.8 Å². The van der Waals surface area contributed by atoms with E-state index in [0.717, 1.165) is 6.26 Å². The number of benzene rings is 2. The molecule has 19 heavy (non-hydrogen) atoms. The maximum Gasteiger partial charge on any atom is 0.175 e. The van der Waals surface area contributed by atoms with Crippen molar-refractivity contribution in [1.29, 1.82) is 5.26 Å². The van der Waals surface area contributed by atoms with Crippen molar-refractivity contribution in [2.75, 3.05) is 6.26 Å². The first-order valence-corrected chi connectivity index (χ1v) is 7.69. The van der Waals surface area contributed by atoms with Crippen LogP contribution >= 0.6 is 11.6 Å². The van der Waals surface area contributed by atoms with Crippen LogP contribution in [0.3, 0.4) is 0 Å². The molecule has 0 atom stereocenters. The Morgan fingerprint density at radius 1 is 1.16 bits per heavy atom. The van der Waals surface area contributed by atoms with Gasteiger partial charge in [-0.3, -0.25) is 0 Å². The molecule has 0 heterocycles. The zero-order chi connectivity index (χ0) is 14.0. The lowest BCUT2D eigenvalue weighted by Crippen LogP contribution is -1.96. The SMILES string of the molecule is CS(=O)(=O)c1cccc(-c2ccc(C#N)cc2Cl)c1. The van der Waals surface area contributed by atoms with Gasteiger partial charge in [-0.2, -0.15) is 5.26 Å². The summed E-state index contributed by atoms with van der Waals surface area (Å²) in [6.07, 6.45) is 1.16. The fourth-order valence-electron chi connectivity index (χ4n) is 1.71. The molecule has 3 nitrogen and oxygen atoms in total. The van der Waals surface area contributed by atoms with Gasteiger partial charge in [-0.25, -0.2) is 8.42 Å². The summed E-state index contributed by atoms with van der Waals surface area (Å²) in [5.41, 5.74) is 1.87. The second-order valence-electron chi connectivity index (χ2n) is 4.11. The molecule has 2 aromatic rings. The first-order valence-electron chi connectivity index (χ1n) is 5.42. The van der Waals surface area contributed by atoms with Crippen LogP contribution in [0.15, 0.2) is 47.4 Å². The Morgan fingerprint density at radius 2 is 1.89 bits per heavy atom. The molecule has 2 rings (SSSR count). The Kier molecular flexibility index (Phi) is 3.61. The topological polar surface area (TPSA) is 57.9 Å². The fraction of sp³-hybridized carbons (Fsp3) is 0.0714. The van der Waals surface area contributed by atoms with Gasteiger partial charge in [0.25, 0.3) is 0 Å². The number of hydrogen-bond acceptors (Lipinski definition) is 3. The van der Waals surface area contributed by atoms with E-state index in [2.05, 4.69) is 0 Å². The Balaban J connectivity index is 2.58. The number of nitrogens with zero attached hydrogens (tertiary/aromatic N) is 1. The van der Waals surface area contributed by atoms with Crippen LogP contribution in [-0.2, 0) is 9.84 Å². The maximum atomic E-state index is 11.5. The van der Waals surface area contributed by atoms with Crippen LogP contribution in [0.1, 0.15) is 5.56 Å². The molecule has 0 unspecified atom stereocenters. The van der Waals surface area contributed by atoms with Gasteiger partial charge in [0.1, 0.15) is 0 Å². The molecule has 0 bridgehead atoms. The largest absolute Gasteiger partial charge is 0.224 e. The van der Waals surface area contributed by atoms with E-state index in [9.17, 15) is 8.42 Å². The standard InChI is InChI=1S/C14H10ClNO2S/c1-19(17,18)12-4-2-3-11(8-12)13-6-5-10(9-16)7-14(13)15/h2-8H,1H3. The summed E-state index contributed by atoms with van der Waals surface area (Å²) in [7, 11) is -3.25. The molecule has 0 saturated heterocycles. The highest BCUT2D eigenvalue weighted by atomic mass is 35.5. The van der Waals surface area contributed by atoms with Crippen LogP contribution in [-0.4, -0.2) is 14.7 Å². The number of rotatable bonds is 2. The van der Waals surface area contributed by atoms with Crippen molar-refractivity contribution in [3.63, 3.8) is 0 Å². The van der Waals surface area contributed by atoms with E-state index in [1.54, 1.807) is 36.4 Å². The second kappa shape index (κ2) is 5.04. The molecule has 0 aromatic heterocycles. The van der Waals surface area contributed by atoms with Gasteiger partial charge in [-0.1, -0.05) is 29.8 Å². The molecule has 0 saturated carbocycles. The minimum absolute atomic E-state index is 0.241. The molecule has 0 N–H and O–H groups in total. The van der Waals surface area contributed by atoms with Crippen LogP contribution in [0.25, 0.3) is 11.1 Å². The summed E-state index contributed by atoms with van der Waals surface area (Å²) >= 11 is 6.11. The van der Waals surface area contributed by atoms with E-state index < -0.39 is 9.84 Å². The van der Waals surface area contributed by atoms with Crippen molar-refractivity contribution in [3.05, 3.63) is 53.1 Å². The highest BCUT2D eigenvalue weighted by Crippen LogP contribution is 2.30. The third kappa shape index (κ3) is 2.95. The number of hydrogen-bond donors (Lipinski definition) is 0. The monoisotopic (exact) mass is 291 g/mol. The second-order valence-corrected chi connectivity index (χ2v) is 6.53. The Morgan fingerprint density at radius 3 is 2.47 bits per heavy atom. The van der Waals surface area contributed by atoms with Crippen molar-refractivity contribution >= 4 is 21.4 Å². The zero-order valence-electron chi connectivity index (χ0n) is 10.1. The summed E-state index contributed by atoms with van der Waals surface area (Å²) in [6, 6.07) is 13.5. The third-order valence-corrected chi connectivity index (χ3v) is 4.09. The molecule has 0 radical (unpaired) electrons. The van der Waals surface area contributed by atoms with Gasteiger partial charge in [0, 0.05) is 16.8 Å². The van der Waals surface area contributed by atoms with E-state index in [1.165, 1.54) is 6.07 Å². The average molecular weight is 292 g/mol. The Hall–Kier alpha value is -1.83. The quantitative estimate of drug-likeness (QED) is 0.853. The Bertz CT molecular complexity index is 776. The first kappa shape index (κ1) is 13.6. The van der Waals surface area contributed by atoms with Crippen LogP contribution in [0, 0.1) is 11.3 Å². The van der Waals surface area contributed by atoms with Crippen LogP contribution in [0.5, 0.6) is 0 Å². The van der Waals surface area contributed by atoms with Crippen molar-refractivity contribution in [2.45, 2.75) is 4.90 Å². The summed E-state index contributed by atoms with van der Waals surface area (Å²) in [6.45, 7) is 0.